The van der Waals surface area contributed by atoms with Crippen LogP contribution in [0.5, 0.6) is 11.5 Å². The average molecular weight is 787 g/mol. The summed E-state index contributed by atoms with van der Waals surface area (Å²) in [6, 6.07) is 32.0. The van der Waals surface area contributed by atoms with E-state index in [1.54, 1.807) is 36.4 Å². The van der Waals surface area contributed by atoms with E-state index in [-0.39, 0.29) is 27.5 Å². The topological polar surface area (TPSA) is 180 Å². The summed E-state index contributed by atoms with van der Waals surface area (Å²) in [6.45, 7) is -3.43. The maximum Gasteiger partial charge on any atom is 0.338 e. The molecule has 0 aromatic heterocycles. The Bertz CT molecular complexity index is 2440. The lowest BCUT2D eigenvalue weighted by Gasteiger charge is -2.34. The van der Waals surface area contributed by atoms with E-state index in [4.69, 9.17) is 14.2 Å². The number of aromatic hydroxyl groups is 2. The highest BCUT2D eigenvalue weighted by molar-refractivity contribution is 7.96. The summed E-state index contributed by atoms with van der Waals surface area (Å²) in [5.74, 6) is -9.00. The normalized spacial score (nSPS) is 12.7. The Morgan fingerprint density at radius 3 is 1.46 bits per heavy atom. The number of esters is 4. The summed E-state index contributed by atoms with van der Waals surface area (Å²) in [7, 11) is 4.41. The summed E-state index contributed by atoms with van der Waals surface area (Å²) in [5.41, 5.74) is -2.70. The lowest BCUT2D eigenvalue weighted by atomic mass is 9.79. The van der Waals surface area contributed by atoms with Crippen LogP contribution in [0.4, 0.5) is 0 Å². The van der Waals surface area contributed by atoms with Crippen molar-refractivity contribution in [3.8, 4) is 11.5 Å². The molecule has 2 N–H and O–H groups in total. The highest BCUT2D eigenvalue weighted by Gasteiger charge is 2.45. The maximum absolute atomic E-state index is 14.5. The Balaban J connectivity index is 1.69. The molecule has 0 saturated carbocycles. The van der Waals surface area contributed by atoms with Crippen LogP contribution in [-0.2, 0) is 38.1 Å². The van der Waals surface area contributed by atoms with Crippen molar-refractivity contribution in [2.45, 2.75) is 5.92 Å². The van der Waals surface area contributed by atoms with Gasteiger partial charge in [-0.15, -0.1) is 0 Å². The van der Waals surface area contributed by atoms with E-state index in [1.165, 1.54) is 19.2 Å². The minimum Gasteiger partial charge on any atom is -0.507 e. The fourth-order valence-electron chi connectivity index (χ4n) is 7.17. The van der Waals surface area contributed by atoms with E-state index in [9.17, 15) is 39.0 Å². The number of hydrogen-bond donors (Lipinski definition) is 2. The molecule has 57 heavy (non-hydrogen) atoms. The third kappa shape index (κ3) is 6.70. The molecule has 0 spiro atoms. The van der Waals surface area contributed by atoms with Crippen LogP contribution in [0, 0.1) is 0 Å². The fourth-order valence-corrected chi connectivity index (χ4v) is 11.7. The van der Waals surface area contributed by atoms with E-state index in [0.717, 1.165) is 39.5 Å². The molecule has 5 aromatic rings. The molecule has 0 saturated heterocycles. The third-order valence-corrected chi connectivity index (χ3v) is 14.1. The largest absolute Gasteiger partial charge is 0.507 e. The van der Waals surface area contributed by atoms with Gasteiger partial charge >= 0.3 is 23.9 Å². The van der Waals surface area contributed by atoms with Crippen molar-refractivity contribution in [2.24, 2.45) is 0 Å². The first-order chi connectivity index (χ1) is 27.5. The average Bonchev–Trinajstić information content (AvgIpc) is 3.25. The van der Waals surface area contributed by atoms with Crippen LogP contribution in [0.3, 0.4) is 0 Å². The van der Waals surface area contributed by atoms with Gasteiger partial charge in [0.05, 0.1) is 50.4 Å². The smallest absolute Gasteiger partial charge is 0.338 e. The molecule has 0 aliphatic heterocycles. The second kappa shape index (κ2) is 16.4. The summed E-state index contributed by atoms with van der Waals surface area (Å²) >= 11 is 0. The number of ketones is 2. The van der Waals surface area contributed by atoms with Crippen LogP contribution in [0.25, 0.3) is 5.57 Å². The lowest BCUT2D eigenvalue weighted by molar-refractivity contribution is -0.142. The van der Waals surface area contributed by atoms with Gasteiger partial charge in [-0.3, -0.25) is 14.4 Å². The van der Waals surface area contributed by atoms with Gasteiger partial charge in [-0.25, -0.2) is 14.4 Å². The van der Waals surface area contributed by atoms with Gasteiger partial charge in [0.1, 0.15) is 17.4 Å². The molecule has 0 bridgehead atoms. The number of fused-ring (bicyclic) bond motifs is 2. The Morgan fingerprint density at radius 2 is 1.02 bits per heavy atom. The first-order valence-corrected chi connectivity index (χ1v) is 19.1. The Kier molecular flexibility index (Phi) is 11.4. The molecular weight excluding hydrogens is 751 g/mol. The van der Waals surface area contributed by atoms with Crippen molar-refractivity contribution < 1.29 is 57.9 Å². The van der Waals surface area contributed by atoms with Crippen molar-refractivity contribution in [3.63, 3.8) is 0 Å². The maximum atomic E-state index is 14.5. The SMILES string of the molecule is COC(=O)/C=C(/C(=O)OC)c1ccc2c(c1O)C(=O)c1ccc(C(C(=O)OC)C(C(=O)OC)=P(c3ccccc3)(c3ccccc3)c3ccccc3)c(O)c1C2=O. The van der Waals surface area contributed by atoms with E-state index in [2.05, 4.69) is 4.74 Å². The monoisotopic (exact) mass is 786 g/mol. The lowest BCUT2D eigenvalue weighted by Crippen LogP contribution is -2.39. The van der Waals surface area contributed by atoms with Gasteiger partial charge in [0.2, 0.25) is 0 Å². The minimum atomic E-state index is -3.43. The van der Waals surface area contributed by atoms with Gasteiger partial charge in [-0.2, -0.15) is 0 Å². The zero-order valence-corrected chi connectivity index (χ0v) is 31.9. The fraction of sp³-hybridized carbons (Fsp3) is 0.114. The van der Waals surface area contributed by atoms with Crippen molar-refractivity contribution in [1.82, 2.24) is 0 Å². The Morgan fingerprint density at radius 1 is 0.561 bits per heavy atom. The van der Waals surface area contributed by atoms with Crippen molar-refractivity contribution >= 4 is 69.1 Å². The first kappa shape index (κ1) is 39.6. The quantitative estimate of drug-likeness (QED) is 0.0877. The van der Waals surface area contributed by atoms with Crippen molar-refractivity contribution in [1.29, 1.82) is 0 Å². The summed E-state index contributed by atoms with van der Waals surface area (Å²) in [4.78, 5) is 82.1. The summed E-state index contributed by atoms with van der Waals surface area (Å²) in [5, 5.41) is 25.5. The number of ether oxygens (including phenoxy) is 4. The molecular formula is C44H35O12P. The van der Waals surface area contributed by atoms with Gasteiger partial charge in [0.25, 0.3) is 0 Å². The van der Waals surface area contributed by atoms with Crippen molar-refractivity contribution in [2.75, 3.05) is 28.4 Å². The number of phenols is 2. The van der Waals surface area contributed by atoms with Crippen LogP contribution >= 0.6 is 6.89 Å². The molecule has 1 aliphatic carbocycles. The number of carbonyl (C=O) groups excluding carboxylic acids is 6. The molecule has 1 aliphatic rings. The zero-order valence-electron chi connectivity index (χ0n) is 31.0. The van der Waals surface area contributed by atoms with Crippen LogP contribution in [-0.4, -0.2) is 79.4 Å². The second-order valence-corrected chi connectivity index (χ2v) is 15.9. The van der Waals surface area contributed by atoms with Gasteiger partial charge < -0.3 is 29.2 Å². The Labute approximate surface area is 326 Å². The number of carbonyl (C=O) groups is 6. The molecule has 12 nitrogen and oxygen atoms in total. The standard InChI is InChI=1S/C44H35O12P/c1-53-33(45)24-32(42(50)54-2)28-20-21-29-34(37(28)46)38(47)30-22-23-31(40(49)35(30)39(29)48)36(43(51)55-3)41(44(52)56-4)57(25-14-8-5-9-15-25,26-16-10-6-11-17-26)27-18-12-7-13-19-27/h5-24,36,46,49H,1-4H3/b32-24+. The molecule has 0 amide bonds. The van der Waals surface area contributed by atoms with Crippen LogP contribution < -0.4 is 15.9 Å². The number of methoxy groups -OCH3 is 4. The molecule has 288 valence electrons. The molecule has 0 radical (unpaired) electrons. The van der Waals surface area contributed by atoms with Gasteiger partial charge in [0, 0.05) is 28.3 Å². The van der Waals surface area contributed by atoms with Gasteiger partial charge in [-0.1, -0.05) is 97.1 Å². The van der Waals surface area contributed by atoms with E-state index in [0.29, 0.717) is 15.9 Å². The van der Waals surface area contributed by atoms with Crippen LogP contribution in [0.1, 0.15) is 48.9 Å². The zero-order chi connectivity index (χ0) is 41.0. The van der Waals surface area contributed by atoms with E-state index >= 15 is 0 Å². The Hall–Kier alpha value is -7.04. The van der Waals surface area contributed by atoms with Gasteiger partial charge in [0.15, 0.2) is 11.6 Å². The van der Waals surface area contributed by atoms with Crippen molar-refractivity contribution in [3.05, 3.63) is 155 Å². The summed E-state index contributed by atoms with van der Waals surface area (Å²) < 4.78 is 20.2. The molecule has 13 heteroatoms. The van der Waals surface area contributed by atoms with E-state index < -0.39 is 76.4 Å². The number of rotatable bonds is 10. The van der Waals surface area contributed by atoms with Gasteiger partial charge in [-0.05, 0) is 41.0 Å². The highest BCUT2D eigenvalue weighted by Crippen LogP contribution is 2.51. The van der Waals surface area contributed by atoms with E-state index in [1.807, 2.05) is 54.6 Å². The predicted octanol–water partition coefficient (Wildman–Crippen LogP) is 4.20. The van der Waals surface area contributed by atoms with Crippen LogP contribution in [0.2, 0.25) is 0 Å². The molecule has 6 rings (SSSR count). The molecule has 1 atom stereocenters. The molecule has 5 aromatic carbocycles. The molecule has 0 fully saturated rings. The highest BCUT2D eigenvalue weighted by atomic mass is 31.2. The molecule has 0 heterocycles. The third-order valence-electron chi connectivity index (χ3n) is 9.70. The number of benzene rings is 5. The number of hydrogen-bond acceptors (Lipinski definition) is 12. The van der Waals surface area contributed by atoms with Crippen LogP contribution in [0.15, 0.2) is 121 Å². The minimum absolute atomic E-state index is 0.0827. The predicted molar refractivity (Wildman–Crippen MR) is 212 cm³/mol. The number of phenolic OH excluding ortho intramolecular Hbond substituents is 2. The molecule has 1 unspecified atom stereocenters. The summed E-state index contributed by atoms with van der Waals surface area (Å²) in [6.07, 6.45) is 0.764. The second-order valence-electron chi connectivity index (χ2n) is 12.6. The first-order valence-electron chi connectivity index (χ1n) is 17.3.